The van der Waals surface area contributed by atoms with Gasteiger partial charge in [0.05, 0.1) is 0 Å². The highest BCUT2D eigenvalue weighted by Gasteiger charge is 2.33. The van der Waals surface area contributed by atoms with Crippen LogP contribution in [-0.4, -0.2) is 84.1 Å². The van der Waals surface area contributed by atoms with Crippen LogP contribution >= 0.6 is 0 Å². The third kappa shape index (κ3) is 4.64. The Morgan fingerprint density at radius 3 is 2.64 bits per heavy atom. The largest absolute Gasteiger partial charge is 0.382 e. The molecule has 0 aromatic carbocycles. The number of carbonyl (C=O) groups excluding carboxylic acids is 1. The molecule has 1 aromatic rings. The number of aromatic nitrogens is 2. The zero-order chi connectivity index (χ0) is 20.1. The summed E-state index contributed by atoms with van der Waals surface area (Å²) in [6, 6.07) is 0.592. The molecule has 0 aliphatic carbocycles. The maximum absolute atomic E-state index is 11.6. The molecule has 1 atom stereocenters. The van der Waals surface area contributed by atoms with Gasteiger partial charge in [0, 0.05) is 51.9 Å². The summed E-state index contributed by atoms with van der Waals surface area (Å²) in [5, 5.41) is 6.39. The molecule has 28 heavy (non-hydrogen) atoms. The topological polar surface area (TPSA) is 103 Å². The van der Waals surface area contributed by atoms with Gasteiger partial charge in [-0.1, -0.05) is 13.3 Å². The van der Waals surface area contributed by atoms with E-state index in [0.29, 0.717) is 29.3 Å². The van der Waals surface area contributed by atoms with E-state index in [0.717, 1.165) is 64.9 Å². The predicted octanol–water partition coefficient (Wildman–Crippen LogP) is 1.05. The van der Waals surface area contributed by atoms with Gasteiger partial charge in [-0.05, 0) is 20.3 Å². The molecule has 0 saturated carbocycles. The fourth-order valence-corrected chi connectivity index (χ4v) is 3.73. The maximum Gasteiger partial charge on any atom is 0.226 e. The Morgan fingerprint density at radius 2 is 2.00 bits per heavy atom. The van der Waals surface area contributed by atoms with Crippen molar-refractivity contribution >= 4 is 29.6 Å². The highest BCUT2D eigenvalue weighted by Crippen LogP contribution is 2.36. The molecular weight excluding hydrogens is 356 g/mol. The van der Waals surface area contributed by atoms with Crippen LogP contribution in [0.15, 0.2) is 0 Å². The van der Waals surface area contributed by atoms with Crippen molar-refractivity contribution in [1.29, 1.82) is 0 Å². The predicted molar refractivity (Wildman–Crippen MR) is 114 cm³/mol. The van der Waals surface area contributed by atoms with Gasteiger partial charge in [0.1, 0.15) is 5.69 Å². The third-order valence-electron chi connectivity index (χ3n) is 5.55. The maximum atomic E-state index is 11.6. The third-order valence-corrected chi connectivity index (χ3v) is 5.55. The van der Waals surface area contributed by atoms with Crippen molar-refractivity contribution < 1.29 is 4.79 Å². The second-order valence-corrected chi connectivity index (χ2v) is 7.80. The number of nitrogens with one attached hydrogen (secondary N) is 2. The molecule has 1 fully saturated rings. The monoisotopic (exact) mass is 390 g/mol. The van der Waals surface area contributed by atoms with E-state index < -0.39 is 6.17 Å². The summed E-state index contributed by atoms with van der Waals surface area (Å²) >= 11 is 0. The van der Waals surface area contributed by atoms with Crippen LogP contribution in [0.1, 0.15) is 33.6 Å². The van der Waals surface area contributed by atoms with Crippen molar-refractivity contribution in [1.82, 2.24) is 19.8 Å². The fraction of sp³-hybridized carbons (Fsp3) is 0.737. The summed E-state index contributed by atoms with van der Waals surface area (Å²) in [7, 11) is 0. The summed E-state index contributed by atoms with van der Waals surface area (Å²) < 4.78 is 0. The summed E-state index contributed by atoms with van der Waals surface area (Å²) in [5.74, 6) is 1.61. The number of nitrogen functional groups attached to an aromatic ring is 1. The smallest absolute Gasteiger partial charge is 0.226 e. The van der Waals surface area contributed by atoms with Gasteiger partial charge in [0.2, 0.25) is 5.95 Å². The first kappa shape index (κ1) is 20.6. The quantitative estimate of drug-likeness (QED) is 0.422. The summed E-state index contributed by atoms with van der Waals surface area (Å²) in [4.78, 5) is 27.6. The minimum absolute atomic E-state index is 0.379. The first-order chi connectivity index (χ1) is 13.5. The van der Waals surface area contributed by atoms with Crippen molar-refractivity contribution in [3.05, 3.63) is 0 Å². The molecule has 1 aromatic heterocycles. The molecule has 0 bridgehead atoms. The van der Waals surface area contributed by atoms with Gasteiger partial charge in [-0.2, -0.15) is 9.97 Å². The Labute approximate surface area is 167 Å². The van der Waals surface area contributed by atoms with Crippen molar-refractivity contribution in [3.63, 3.8) is 0 Å². The lowest BCUT2D eigenvalue weighted by Gasteiger charge is -2.37. The second-order valence-electron chi connectivity index (χ2n) is 7.80. The van der Waals surface area contributed by atoms with Gasteiger partial charge >= 0.3 is 0 Å². The van der Waals surface area contributed by atoms with Crippen molar-refractivity contribution in [3.8, 4) is 0 Å². The summed E-state index contributed by atoms with van der Waals surface area (Å²) in [5.41, 5.74) is 6.78. The van der Waals surface area contributed by atoms with Gasteiger partial charge in [0.25, 0.3) is 0 Å². The SMILES string of the molecule is CCCCNc1nc(N)c2c(n1)N(CCN1CCN(C(C)C)CC1)C(C=O)N2. The Balaban J connectivity index is 1.65. The van der Waals surface area contributed by atoms with Crippen LogP contribution in [0.25, 0.3) is 0 Å². The van der Waals surface area contributed by atoms with Crippen LogP contribution in [-0.2, 0) is 4.79 Å². The Hall–Kier alpha value is -2.13. The number of unbranched alkanes of at least 4 members (excludes halogenated alkanes) is 1. The van der Waals surface area contributed by atoms with Crippen molar-refractivity contribution in [2.75, 3.05) is 67.1 Å². The van der Waals surface area contributed by atoms with Crippen LogP contribution in [0.2, 0.25) is 0 Å². The first-order valence-electron chi connectivity index (χ1n) is 10.4. The molecule has 2 aliphatic heterocycles. The van der Waals surface area contributed by atoms with E-state index in [4.69, 9.17) is 5.73 Å². The number of nitrogens with zero attached hydrogens (tertiary/aromatic N) is 5. The number of hydrogen-bond acceptors (Lipinski definition) is 9. The van der Waals surface area contributed by atoms with Gasteiger partial charge < -0.3 is 21.3 Å². The molecule has 3 heterocycles. The normalized spacial score (nSPS) is 20.3. The lowest BCUT2D eigenvalue weighted by Crippen LogP contribution is -2.51. The molecule has 0 spiro atoms. The van der Waals surface area contributed by atoms with E-state index in [1.165, 1.54) is 0 Å². The lowest BCUT2D eigenvalue weighted by atomic mass is 10.2. The number of nitrogens with two attached hydrogens (primary N) is 1. The zero-order valence-corrected chi connectivity index (χ0v) is 17.3. The standard InChI is InChI=1S/C19H34N8O/c1-4-5-6-21-19-23-17(20)16-18(24-19)27(15(13-28)22-16)12-9-25-7-10-26(11-8-25)14(2)3/h13-15,22H,4-12H2,1-3H3,(H3,20,21,23,24). The minimum atomic E-state index is -0.450. The van der Waals surface area contributed by atoms with Gasteiger partial charge in [-0.15, -0.1) is 0 Å². The summed E-state index contributed by atoms with van der Waals surface area (Å²) in [6.07, 6.45) is 2.59. The van der Waals surface area contributed by atoms with Crippen LogP contribution in [0.5, 0.6) is 0 Å². The Bertz CT molecular complexity index is 660. The molecule has 1 unspecified atom stereocenters. The fourth-order valence-electron chi connectivity index (χ4n) is 3.73. The number of anilines is 4. The van der Waals surface area contributed by atoms with Crippen LogP contribution in [0, 0.1) is 0 Å². The molecule has 3 rings (SSSR count). The molecule has 4 N–H and O–H groups in total. The van der Waals surface area contributed by atoms with E-state index in [2.05, 4.69) is 51.2 Å². The highest BCUT2D eigenvalue weighted by atomic mass is 16.1. The number of rotatable bonds is 9. The average molecular weight is 391 g/mol. The molecule has 0 amide bonds. The first-order valence-corrected chi connectivity index (χ1v) is 10.4. The zero-order valence-electron chi connectivity index (χ0n) is 17.3. The number of hydrogen-bond donors (Lipinski definition) is 3. The number of aldehydes is 1. The van der Waals surface area contributed by atoms with Crippen molar-refractivity contribution in [2.45, 2.75) is 45.8 Å². The van der Waals surface area contributed by atoms with E-state index in [1.807, 2.05) is 4.90 Å². The van der Waals surface area contributed by atoms with Gasteiger partial charge in [-0.3, -0.25) is 14.6 Å². The molecule has 2 aliphatic rings. The van der Waals surface area contributed by atoms with Gasteiger partial charge in [0.15, 0.2) is 24.1 Å². The average Bonchev–Trinajstić information content (AvgIpc) is 3.05. The molecule has 156 valence electrons. The molecule has 1 saturated heterocycles. The molecule has 0 radical (unpaired) electrons. The Morgan fingerprint density at radius 1 is 1.25 bits per heavy atom. The summed E-state index contributed by atoms with van der Waals surface area (Å²) in [6.45, 7) is 13.3. The molecule has 9 nitrogen and oxygen atoms in total. The molecule has 9 heteroatoms. The molecular formula is C19H34N8O. The lowest BCUT2D eigenvalue weighted by molar-refractivity contribution is -0.108. The van der Waals surface area contributed by atoms with E-state index in [-0.39, 0.29) is 0 Å². The highest BCUT2D eigenvalue weighted by molar-refractivity contribution is 5.88. The van der Waals surface area contributed by atoms with Gasteiger partial charge in [-0.25, -0.2) is 0 Å². The van der Waals surface area contributed by atoms with E-state index in [1.54, 1.807) is 0 Å². The number of carbonyl (C=O) groups is 1. The minimum Gasteiger partial charge on any atom is -0.382 e. The van der Waals surface area contributed by atoms with Crippen LogP contribution in [0.4, 0.5) is 23.3 Å². The Kier molecular flexibility index (Phi) is 6.90. The number of piperazine rings is 1. The van der Waals surface area contributed by atoms with Crippen LogP contribution in [0.3, 0.4) is 0 Å². The van der Waals surface area contributed by atoms with E-state index in [9.17, 15) is 4.79 Å². The van der Waals surface area contributed by atoms with Crippen LogP contribution < -0.4 is 21.3 Å². The van der Waals surface area contributed by atoms with Crippen molar-refractivity contribution in [2.24, 2.45) is 0 Å². The second kappa shape index (κ2) is 9.38. The van der Waals surface area contributed by atoms with E-state index >= 15 is 0 Å². The number of fused-ring (bicyclic) bond motifs is 1.